The molecule has 0 bridgehead atoms. The number of amides is 1. The van der Waals surface area contributed by atoms with Crippen molar-refractivity contribution in [1.29, 1.82) is 0 Å². The Bertz CT molecular complexity index is 648. The molecule has 0 aliphatic carbocycles. The van der Waals surface area contributed by atoms with Crippen LogP contribution in [0.1, 0.15) is 16.7 Å². The van der Waals surface area contributed by atoms with Gasteiger partial charge in [0.05, 0.1) is 6.54 Å². The van der Waals surface area contributed by atoms with Gasteiger partial charge < -0.3 is 10.1 Å². The van der Waals surface area contributed by atoms with Crippen LogP contribution in [0.4, 0.5) is 0 Å². The van der Waals surface area contributed by atoms with E-state index in [1.54, 1.807) is 6.08 Å². The molecule has 1 N–H and O–H groups in total. The van der Waals surface area contributed by atoms with Crippen molar-refractivity contribution in [3.05, 3.63) is 71.3 Å². The Morgan fingerprint density at radius 3 is 2.59 bits per heavy atom. The summed E-state index contributed by atoms with van der Waals surface area (Å²) in [4.78, 5) is 11.7. The summed E-state index contributed by atoms with van der Waals surface area (Å²) in [6.07, 6.45) is 3.32. The topological polar surface area (TPSA) is 38.3 Å². The van der Waals surface area contributed by atoms with Crippen LogP contribution in [0, 0.1) is 13.8 Å². The van der Waals surface area contributed by atoms with E-state index in [4.69, 9.17) is 4.74 Å². The van der Waals surface area contributed by atoms with E-state index in [9.17, 15) is 4.79 Å². The van der Waals surface area contributed by atoms with Crippen LogP contribution < -0.4 is 10.1 Å². The van der Waals surface area contributed by atoms with Gasteiger partial charge in [-0.2, -0.15) is 0 Å². The monoisotopic (exact) mass is 295 g/mol. The second-order valence-electron chi connectivity index (χ2n) is 5.13. The molecule has 2 aromatic carbocycles. The van der Waals surface area contributed by atoms with Crippen molar-refractivity contribution in [2.75, 3.05) is 13.2 Å². The van der Waals surface area contributed by atoms with Crippen molar-refractivity contribution < 1.29 is 9.53 Å². The summed E-state index contributed by atoms with van der Waals surface area (Å²) < 4.78 is 5.62. The standard InChI is InChI=1S/C19H21NO2/c1-15-8-10-18(14-16(15)2)22-13-12-20-19(21)11-9-17-6-4-3-5-7-17/h3-11,14H,12-13H2,1-2H3,(H,20,21). The molecule has 2 aromatic rings. The predicted octanol–water partition coefficient (Wildman–Crippen LogP) is 3.51. The molecular weight excluding hydrogens is 274 g/mol. The van der Waals surface area contributed by atoms with E-state index in [1.165, 1.54) is 17.2 Å². The number of rotatable bonds is 6. The number of aryl methyl sites for hydroxylation is 2. The van der Waals surface area contributed by atoms with Crippen LogP contribution in [0.2, 0.25) is 0 Å². The molecule has 1 amide bonds. The number of hydrogen-bond donors (Lipinski definition) is 1. The Morgan fingerprint density at radius 2 is 1.86 bits per heavy atom. The summed E-state index contributed by atoms with van der Waals surface area (Å²) in [6.45, 7) is 5.05. The highest BCUT2D eigenvalue weighted by Gasteiger charge is 1.98. The van der Waals surface area contributed by atoms with Crippen LogP contribution in [-0.4, -0.2) is 19.1 Å². The lowest BCUT2D eigenvalue weighted by Crippen LogP contribution is -2.26. The Labute approximate surface area is 131 Å². The Morgan fingerprint density at radius 1 is 1.09 bits per heavy atom. The van der Waals surface area contributed by atoms with E-state index < -0.39 is 0 Å². The van der Waals surface area contributed by atoms with Crippen LogP contribution in [0.3, 0.4) is 0 Å². The van der Waals surface area contributed by atoms with Crippen molar-refractivity contribution in [2.45, 2.75) is 13.8 Å². The highest BCUT2D eigenvalue weighted by atomic mass is 16.5. The number of benzene rings is 2. The second kappa shape index (κ2) is 8.03. The quantitative estimate of drug-likeness (QED) is 0.654. The third-order valence-corrected chi connectivity index (χ3v) is 3.38. The average molecular weight is 295 g/mol. The molecule has 114 valence electrons. The molecule has 3 heteroatoms. The van der Waals surface area contributed by atoms with Crippen molar-refractivity contribution in [3.8, 4) is 5.75 Å². The molecule has 0 saturated carbocycles. The highest BCUT2D eigenvalue weighted by Crippen LogP contribution is 2.15. The van der Waals surface area contributed by atoms with Gasteiger partial charge in [0.1, 0.15) is 12.4 Å². The minimum atomic E-state index is -0.118. The lowest BCUT2D eigenvalue weighted by atomic mass is 10.1. The second-order valence-corrected chi connectivity index (χ2v) is 5.13. The molecule has 0 radical (unpaired) electrons. The molecule has 3 nitrogen and oxygen atoms in total. The summed E-state index contributed by atoms with van der Waals surface area (Å²) in [5.41, 5.74) is 3.45. The fraction of sp³-hybridized carbons (Fsp3) is 0.211. The maximum atomic E-state index is 11.7. The molecule has 0 fully saturated rings. The maximum absolute atomic E-state index is 11.7. The first-order chi connectivity index (χ1) is 10.6. The summed E-state index contributed by atoms with van der Waals surface area (Å²) in [5.74, 6) is 0.713. The number of carbonyl (C=O) groups excluding carboxylic acids is 1. The molecule has 0 atom stereocenters. The summed E-state index contributed by atoms with van der Waals surface area (Å²) >= 11 is 0. The van der Waals surface area contributed by atoms with Gasteiger partial charge in [-0.15, -0.1) is 0 Å². The Hall–Kier alpha value is -2.55. The zero-order valence-electron chi connectivity index (χ0n) is 13.0. The summed E-state index contributed by atoms with van der Waals surface area (Å²) in [7, 11) is 0. The van der Waals surface area contributed by atoms with E-state index in [1.807, 2.05) is 48.5 Å². The van der Waals surface area contributed by atoms with E-state index in [0.717, 1.165) is 11.3 Å². The van der Waals surface area contributed by atoms with Gasteiger partial charge in [0.2, 0.25) is 5.91 Å². The van der Waals surface area contributed by atoms with Gasteiger partial charge in [-0.3, -0.25) is 4.79 Å². The molecule has 0 unspecified atom stereocenters. The van der Waals surface area contributed by atoms with E-state index >= 15 is 0 Å². The summed E-state index contributed by atoms with van der Waals surface area (Å²) in [6, 6.07) is 15.7. The summed E-state index contributed by atoms with van der Waals surface area (Å²) in [5, 5.41) is 2.80. The number of carbonyl (C=O) groups is 1. The first kappa shape index (κ1) is 15.8. The van der Waals surface area contributed by atoms with E-state index in [0.29, 0.717) is 13.2 Å². The predicted molar refractivity (Wildman–Crippen MR) is 89.9 cm³/mol. The maximum Gasteiger partial charge on any atom is 0.244 e. The molecule has 0 heterocycles. The fourth-order valence-electron chi connectivity index (χ4n) is 1.94. The Kier molecular flexibility index (Phi) is 5.78. The molecular formula is C19H21NO2. The van der Waals surface area contributed by atoms with Crippen molar-refractivity contribution in [3.63, 3.8) is 0 Å². The number of nitrogens with one attached hydrogen (secondary N) is 1. The molecule has 0 saturated heterocycles. The first-order valence-corrected chi connectivity index (χ1v) is 7.36. The first-order valence-electron chi connectivity index (χ1n) is 7.36. The van der Waals surface area contributed by atoms with Gasteiger partial charge in [0.15, 0.2) is 0 Å². The van der Waals surface area contributed by atoms with Gasteiger partial charge in [-0.1, -0.05) is 36.4 Å². The van der Waals surface area contributed by atoms with E-state index in [-0.39, 0.29) is 5.91 Å². The minimum Gasteiger partial charge on any atom is -0.492 e. The van der Waals surface area contributed by atoms with Crippen molar-refractivity contribution >= 4 is 12.0 Å². The molecule has 2 rings (SSSR count). The van der Waals surface area contributed by atoms with Crippen LogP contribution in [-0.2, 0) is 4.79 Å². The van der Waals surface area contributed by atoms with Gasteiger partial charge >= 0.3 is 0 Å². The van der Waals surface area contributed by atoms with Crippen LogP contribution in [0.5, 0.6) is 5.75 Å². The van der Waals surface area contributed by atoms with Gasteiger partial charge in [0.25, 0.3) is 0 Å². The van der Waals surface area contributed by atoms with E-state index in [2.05, 4.69) is 19.2 Å². The molecule has 0 aromatic heterocycles. The van der Waals surface area contributed by atoms with Gasteiger partial charge in [-0.05, 0) is 48.7 Å². The molecule has 0 aliphatic heterocycles. The third-order valence-electron chi connectivity index (χ3n) is 3.38. The van der Waals surface area contributed by atoms with Crippen LogP contribution in [0.15, 0.2) is 54.6 Å². The minimum absolute atomic E-state index is 0.118. The highest BCUT2D eigenvalue weighted by molar-refractivity contribution is 5.91. The van der Waals surface area contributed by atoms with Crippen LogP contribution >= 0.6 is 0 Å². The van der Waals surface area contributed by atoms with Crippen molar-refractivity contribution in [1.82, 2.24) is 5.32 Å². The fourth-order valence-corrected chi connectivity index (χ4v) is 1.94. The van der Waals surface area contributed by atoms with Gasteiger partial charge in [0, 0.05) is 6.08 Å². The zero-order valence-corrected chi connectivity index (χ0v) is 13.0. The molecule has 0 aliphatic rings. The normalized spacial score (nSPS) is 10.6. The lowest BCUT2D eigenvalue weighted by Gasteiger charge is -2.08. The molecule has 22 heavy (non-hydrogen) atoms. The SMILES string of the molecule is Cc1ccc(OCCNC(=O)C=Cc2ccccc2)cc1C. The third kappa shape index (κ3) is 5.09. The van der Waals surface area contributed by atoms with Crippen molar-refractivity contribution in [2.24, 2.45) is 0 Å². The largest absolute Gasteiger partial charge is 0.492 e. The number of ether oxygens (including phenoxy) is 1. The Balaban J connectivity index is 1.71. The lowest BCUT2D eigenvalue weighted by molar-refractivity contribution is -0.116. The zero-order chi connectivity index (χ0) is 15.8. The van der Waals surface area contributed by atoms with Gasteiger partial charge in [-0.25, -0.2) is 0 Å². The number of hydrogen-bond acceptors (Lipinski definition) is 2. The molecule has 0 spiro atoms. The smallest absolute Gasteiger partial charge is 0.244 e. The average Bonchev–Trinajstić information content (AvgIpc) is 2.54. The van der Waals surface area contributed by atoms with Crippen LogP contribution in [0.25, 0.3) is 6.08 Å².